The molecule has 4 nitrogen and oxygen atoms in total. The smallest absolute Gasteiger partial charge is 0.394 e. The first-order valence-electron chi connectivity index (χ1n) is 5.89. The lowest BCUT2D eigenvalue weighted by Crippen LogP contribution is -2.55. The number of alkyl halides is 13. The molecule has 0 spiro atoms. The Balaban J connectivity index is 5.69. The van der Waals surface area contributed by atoms with Crippen LogP contribution in [0.15, 0.2) is 0 Å². The zero-order valence-electron chi connectivity index (χ0n) is 12.3. The van der Waals surface area contributed by atoms with Crippen molar-refractivity contribution in [3.63, 3.8) is 0 Å². The number of hydrogen-bond donors (Lipinski definition) is 0. The Labute approximate surface area is 139 Å². The number of rotatable bonds is 6. The van der Waals surface area contributed by atoms with Gasteiger partial charge in [-0.05, 0) is 0 Å². The summed E-state index contributed by atoms with van der Waals surface area (Å²) < 4.78 is 165. The van der Waals surface area contributed by atoms with Crippen molar-refractivity contribution in [1.29, 1.82) is 0 Å². The summed E-state index contributed by atoms with van der Waals surface area (Å²) in [4.78, 5) is 21.8. The molecule has 0 saturated carbocycles. The minimum atomic E-state index is -6.74. The lowest BCUT2D eigenvalue weighted by Gasteiger charge is -2.30. The Kier molecular flexibility index (Phi) is 6.38. The van der Waals surface area contributed by atoms with E-state index in [4.69, 9.17) is 0 Å². The summed E-state index contributed by atoms with van der Waals surface area (Å²) in [6.07, 6.45) is -29.4. The lowest BCUT2D eigenvalue weighted by molar-refractivity contribution is -0.382. The van der Waals surface area contributed by atoms with Gasteiger partial charge in [-0.1, -0.05) is 0 Å². The minimum absolute atomic E-state index is 0.685. The summed E-state index contributed by atoms with van der Waals surface area (Å²) in [5, 5.41) is 0. The first kappa shape index (κ1) is 25.0. The van der Waals surface area contributed by atoms with Crippen LogP contribution in [0.2, 0.25) is 0 Å². The van der Waals surface area contributed by atoms with Gasteiger partial charge in [0, 0.05) is 6.92 Å². The predicted octanol–water partition coefficient (Wildman–Crippen LogP) is 4.14. The molecule has 160 valence electrons. The quantitative estimate of drug-likeness (QED) is 0.464. The third-order valence-electron chi connectivity index (χ3n) is 2.53. The molecule has 0 aliphatic heterocycles. The van der Waals surface area contributed by atoms with Crippen molar-refractivity contribution in [2.75, 3.05) is 0 Å². The van der Waals surface area contributed by atoms with Crippen LogP contribution >= 0.6 is 0 Å². The second kappa shape index (κ2) is 6.88. The van der Waals surface area contributed by atoms with Gasteiger partial charge in [0.15, 0.2) is 0 Å². The molecular weight excluding hydrogens is 431 g/mol. The van der Waals surface area contributed by atoms with E-state index in [1.165, 1.54) is 0 Å². The van der Waals surface area contributed by atoms with Crippen molar-refractivity contribution in [2.45, 2.75) is 49.5 Å². The zero-order chi connectivity index (χ0) is 22.3. The van der Waals surface area contributed by atoms with Crippen LogP contribution in [-0.2, 0) is 19.1 Å². The van der Waals surface area contributed by atoms with E-state index in [1.807, 2.05) is 0 Å². The maximum Gasteiger partial charge on any atom is 0.501 e. The number of halogens is 13. The molecule has 0 bridgehead atoms. The molecule has 0 aliphatic rings. The molecule has 17 heteroatoms. The molecule has 0 N–H and O–H groups in total. The first-order valence-corrected chi connectivity index (χ1v) is 5.89. The van der Waals surface area contributed by atoms with E-state index < -0.39 is 61.4 Å². The fourth-order valence-corrected chi connectivity index (χ4v) is 1.10. The van der Waals surface area contributed by atoms with E-state index in [0.717, 1.165) is 0 Å². The highest BCUT2D eigenvalue weighted by atomic mass is 19.4. The average Bonchev–Trinajstić information content (AvgIpc) is 2.32. The van der Waals surface area contributed by atoms with Crippen LogP contribution < -0.4 is 0 Å². The molecule has 0 rings (SSSR count). The molecule has 0 heterocycles. The first-order chi connectivity index (χ1) is 11.5. The largest absolute Gasteiger partial charge is 0.501 e. The maximum atomic E-state index is 14.0. The van der Waals surface area contributed by atoms with E-state index in [-0.39, 0.29) is 0 Å². The number of hydrogen-bond acceptors (Lipinski definition) is 4. The van der Waals surface area contributed by atoms with E-state index >= 15 is 0 Å². The summed E-state index contributed by atoms with van der Waals surface area (Å²) >= 11 is 0. The molecule has 27 heavy (non-hydrogen) atoms. The molecule has 0 saturated heterocycles. The highest BCUT2D eigenvalue weighted by molar-refractivity contribution is 5.87. The van der Waals surface area contributed by atoms with Crippen LogP contribution in [-0.4, -0.2) is 48.1 Å². The summed E-state index contributed by atoms with van der Waals surface area (Å²) in [6.45, 7) is -0.685. The summed E-state index contributed by atoms with van der Waals surface area (Å²) in [5.74, 6) is -12.4. The minimum Gasteiger partial charge on any atom is -0.394 e. The van der Waals surface area contributed by atoms with E-state index in [9.17, 15) is 66.7 Å². The number of carbonyl (C=O) groups is 2. The molecule has 1 atom stereocenters. The second-order valence-electron chi connectivity index (χ2n) is 4.76. The number of carbonyl (C=O) groups excluding carboxylic acids is 2. The Morgan fingerprint density at radius 1 is 0.667 bits per heavy atom. The van der Waals surface area contributed by atoms with Crippen LogP contribution in [0.4, 0.5) is 57.1 Å². The monoisotopic (exact) mass is 436 g/mol. The van der Waals surface area contributed by atoms with Gasteiger partial charge in [0.25, 0.3) is 11.6 Å². The summed E-state index contributed by atoms with van der Waals surface area (Å²) in [5.41, 5.74) is -5.51. The van der Waals surface area contributed by atoms with Crippen LogP contribution in [0.3, 0.4) is 0 Å². The topological polar surface area (TPSA) is 52.6 Å². The van der Waals surface area contributed by atoms with Crippen LogP contribution in [0, 0.1) is 0 Å². The fourth-order valence-electron chi connectivity index (χ4n) is 1.10. The fraction of sp³-hybridized carbons (Fsp3) is 0.800. The molecule has 1 unspecified atom stereocenters. The highest BCUT2D eigenvalue weighted by Crippen LogP contribution is 2.43. The Morgan fingerprint density at radius 2 is 1.00 bits per heavy atom. The highest BCUT2D eigenvalue weighted by Gasteiger charge is 2.68. The van der Waals surface area contributed by atoms with Crippen molar-refractivity contribution in [3.05, 3.63) is 0 Å². The molecular formula is C10H5F13O4. The third kappa shape index (κ3) is 5.50. The molecule has 0 aromatic carbocycles. The Morgan fingerprint density at radius 3 is 1.30 bits per heavy atom. The van der Waals surface area contributed by atoms with Gasteiger partial charge in [-0.15, -0.1) is 0 Å². The SMILES string of the molecule is CC(F)(F)C(F)(CC(=O)OC(F)(F)C(F)(F)F)C(=O)OC(F)(F)C(F)(F)F. The zero-order valence-corrected chi connectivity index (χ0v) is 12.3. The van der Waals surface area contributed by atoms with Gasteiger partial charge < -0.3 is 9.47 Å². The van der Waals surface area contributed by atoms with Crippen LogP contribution in [0.1, 0.15) is 13.3 Å². The van der Waals surface area contributed by atoms with Gasteiger partial charge in [-0.3, -0.25) is 4.79 Å². The standard InChI is InChI=1S/C10H5F13O4/c1-5(11,12)6(13,4(25)27-10(22,23)8(17,18)19)2-3(24)26-9(20,21)7(14,15)16/h2H2,1H3. The molecule has 0 aliphatic carbocycles. The van der Waals surface area contributed by atoms with E-state index in [2.05, 4.69) is 9.47 Å². The maximum absolute atomic E-state index is 14.0. The van der Waals surface area contributed by atoms with Gasteiger partial charge in [0.2, 0.25) is 0 Å². The normalized spacial score (nSPS) is 16.5. The van der Waals surface area contributed by atoms with Crippen LogP contribution in [0.25, 0.3) is 0 Å². The van der Waals surface area contributed by atoms with Gasteiger partial charge >= 0.3 is 36.5 Å². The van der Waals surface area contributed by atoms with E-state index in [0.29, 0.717) is 0 Å². The van der Waals surface area contributed by atoms with Crippen molar-refractivity contribution < 1.29 is 76.1 Å². The van der Waals surface area contributed by atoms with Gasteiger partial charge in [0.1, 0.15) is 0 Å². The van der Waals surface area contributed by atoms with Crippen molar-refractivity contribution >= 4 is 11.9 Å². The number of esters is 2. The molecule has 0 radical (unpaired) electrons. The summed E-state index contributed by atoms with van der Waals surface area (Å²) in [6, 6.07) is 0. The number of ether oxygens (including phenoxy) is 2. The molecule has 0 fully saturated rings. The predicted molar refractivity (Wildman–Crippen MR) is 53.3 cm³/mol. The summed E-state index contributed by atoms with van der Waals surface area (Å²) in [7, 11) is 0. The third-order valence-corrected chi connectivity index (χ3v) is 2.53. The second-order valence-corrected chi connectivity index (χ2v) is 4.76. The molecule has 0 aromatic rings. The average molecular weight is 436 g/mol. The Hall–Kier alpha value is -1.97. The molecule has 0 amide bonds. The molecule has 0 aromatic heterocycles. The van der Waals surface area contributed by atoms with Gasteiger partial charge in [-0.2, -0.15) is 43.9 Å². The van der Waals surface area contributed by atoms with E-state index in [1.54, 1.807) is 0 Å². The van der Waals surface area contributed by atoms with Crippen LogP contribution in [0.5, 0.6) is 0 Å². The lowest BCUT2D eigenvalue weighted by atomic mass is 9.95. The van der Waals surface area contributed by atoms with Crippen molar-refractivity contribution in [3.8, 4) is 0 Å². The van der Waals surface area contributed by atoms with Gasteiger partial charge in [-0.25, -0.2) is 18.0 Å². The Bertz CT molecular complexity index is 573. The van der Waals surface area contributed by atoms with Gasteiger partial charge in [0.05, 0.1) is 6.42 Å². The van der Waals surface area contributed by atoms with Crippen molar-refractivity contribution in [2.24, 2.45) is 0 Å². The van der Waals surface area contributed by atoms with Crippen molar-refractivity contribution in [1.82, 2.24) is 0 Å².